The summed E-state index contributed by atoms with van der Waals surface area (Å²) in [4.78, 5) is 0. The fourth-order valence-corrected chi connectivity index (χ4v) is 4.17. The lowest BCUT2D eigenvalue weighted by molar-refractivity contribution is 0.215. The largest absolute Gasteiger partial charge is 0.494 e. The van der Waals surface area contributed by atoms with Crippen LogP contribution in [0.3, 0.4) is 0 Å². The summed E-state index contributed by atoms with van der Waals surface area (Å²) in [6.45, 7) is 3.75. The first kappa shape index (κ1) is 18.8. The number of halogens is 3. The highest BCUT2D eigenvalue weighted by Crippen LogP contribution is 2.53. The van der Waals surface area contributed by atoms with Crippen LogP contribution in [0.2, 0.25) is 5.02 Å². The number of benzene rings is 3. The van der Waals surface area contributed by atoms with Crippen molar-refractivity contribution < 1.29 is 18.3 Å². The molecular formula is C23H19ClF2O2. The van der Waals surface area contributed by atoms with Crippen molar-refractivity contribution in [2.24, 2.45) is 0 Å². The Bertz CT molecular complexity index is 1050. The van der Waals surface area contributed by atoms with E-state index >= 15 is 4.39 Å². The van der Waals surface area contributed by atoms with Gasteiger partial charge in [0.2, 0.25) is 0 Å². The molecule has 3 aromatic carbocycles. The van der Waals surface area contributed by atoms with Gasteiger partial charge in [-0.05, 0) is 24.1 Å². The zero-order chi connectivity index (χ0) is 20.0. The van der Waals surface area contributed by atoms with Crippen LogP contribution in [-0.2, 0) is 0 Å². The lowest BCUT2D eigenvalue weighted by Gasteiger charge is -2.18. The van der Waals surface area contributed by atoms with Gasteiger partial charge < -0.3 is 9.47 Å². The molecule has 144 valence electrons. The molecule has 0 aromatic heterocycles. The van der Waals surface area contributed by atoms with E-state index in [2.05, 4.69) is 0 Å². The van der Waals surface area contributed by atoms with Crippen LogP contribution in [0.4, 0.5) is 8.78 Å². The standard InChI is InChI=1S/C23H19ClF2O2/c1-12-9-10-16(27-3)22(26)18(12)20-19-13(2)23(14-7-5-4-6-8-14)28-17(19)11-15(25)21(20)24/h4-11,13,23H,1-3H3/t13-,23?/m0/s1. The fraction of sp³-hybridized carbons (Fsp3) is 0.217. The molecule has 0 bridgehead atoms. The normalized spacial score (nSPS) is 17.9. The van der Waals surface area contributed by atoms with E-state index in [9.17, 15) is 4.39 Å². The van der Waals surface area contributed by atoms with Gasteiger partial charge in [0, 0.05) is 28.7 Å². The monoisotopic (exact) mass is 400 g/mol. The van der Waals surface area contributed by atoms with Crippen molar-refractivity contribution in [1.82, 2.24) is 0 Å². The Morgan fingerprint density at radius 3 is 2.43 bits per heavy atom. The quantitative estimate of drug-likeness (QED) is 0.479. The first-order chi connectivity index (χ1) is 13.4. The third-order valence-electron chi connectivity index (χ3n) is 5.30. The molecule has 4 rings (SSSR count). The molecule has 0 radical (unpaired) electrons. The summed E-state index contributed by atoms with van der Waals surface area (Å²) < 4.78 is 41.1. The van der Waals surface area contributed by atoms with E-state index in [1.165, 1.54) is 13.2 Å². The van der Waals surface area contributed by atoms with Gasteiger partial charge in [-0.15, -0.1) is 0 Å². The highest BCUT2D eigenvalue weighted by Gasteiger charge is 2.37. The Morgan fingerprint density at radius 1 is 1.04 bits per heavy atom. The van der Waals surface area contributed by atoms with Gasteiger partial charge in [0.25, 0.3) is 0 Å². The highest BCUT2D eigenvalue weighted by molar-refractivity contribution is 6.34. The number of hydrogen-bond acceptors (Lipinski definition) is 2. The molecule has 2 atom stereocenters. The van der Waals surface area contributed by atoms with Crippen LogP contribution in [0.1, 0.15) is 35.6 Å². The van der Waals surface area contributed by atoms with Crippen molar-refractivity contribution in [2.75, 3.05) is 7.11 Å². The lowest BCUT2D eigenvalue weighted by Crippen LogP contribution is -2.07. The molecule has 3 aromatic rings. The molecule has 0 saturated carbocycles. The number of ether oxygens (including phenoxy) is 2. The topological polar surface area (TPSA) is 18.5 Å². The van der Waals surface area contributed by atoms with Gasteiger partial charge in [-0.25, -0.2) is 8.78 Å². The molecule has 1 aliphatic heterocycles. The van der Waals surface area contributed by atoms with Crippen LogP contribution in [-0.4, -0.2) is 7.11 Å². The minimum absolute atomic E-state index is 0.0841. The Hall–Kier alpha value is -2.59. The maximum absolute atomic E-state index is 15.2. The van der Waals surface area contributed by atoms with Crippen LogP contribution in [0, 0.1) is 18.6 Å². The minimum atomic E-state index is -0.641. The Kier molecular flexibility index (Phi) is 4.76. The molecule has 2 nitrogen and oxygen atoms in total. The summed E-state index contributed by atoms with van der Waals surface area (Å²) in [5, 5.41) is -0.113. The predicted molar refractivity (Wildman–Crippen MR) is 106 cm³/mol. The molecule has 0 fully saturated rings. The molecule has 0 amide bonds. The smallest absolute Gasteiger partial charge is 0.173 e. The first-order valence-corrected chi connectivity index (χ1v) is 9.38. The summed E-state index contributed by atoms with van der Waals surface area (Å²) in [5.74, 6) is -0.873. The third-order valence-corrected chi connectivity index (χ3v) is 5.67. The molecule has 0 N–H and O–H groups in total. The van der Waals surface area contributed by atoms with Crippen molar-refractivity contribution in [1.29, 1.82) is 0 Å². The fourth-order valence-electron chi connectivity index (χ4n) is 3.92. The molecule has 0 saturated heterocycles. The maximum atomic E-state index is 15.2. The number of methoxy groups -OCH3 is 1. The molecule has 1 heterocycles. The van der Waals surface area contributed by atoms with Crippen LogP contribution >= 0.6 is 11.6 Å². The molecule has 0 spiro atoms. The zero-order valence-electron chi connectivity index (χ0n) is 15.7. The van der Waals surface area contributed by atoms with Crippen LogP contribution in [0.25, 0.3) is 11.1 Å². The zero-order valence-corrected chi connectivity index (χ0v) is 16.5. The Morgan fingerprint density at radius 2 is 1.75 bits per heavy atom. The average Bonchev–Trinajstić information content (AvgIpc) is 3.01. The van der Waals surface area contributed by atoms with Gasteiger partial charge in [0.1, 0.15) is 17.7 Å². The summed E-state index contributed by atoms with van der Waals surface area (Å²) in [7, 11) is 1.40. The van der Waals surface area contributed by atoms with E-state index in [1.807, 2.05) is 37.3 Å². The van der Waals surface area contributed by atoms with Gasteiger partial charge >= 0.3 is 0 Å². The van der Waals surface area contributed by atoms with Crippen molar-refractivity contribution in [3.8, 4) is 22.6 Å². The lowest BCUT2D eigenvalue weighted by atomic mass is 9.86. The van der Waals surface area contributed by atoms with Gasteiger partial charge in [0.15, 0.2) is 11.6 Å². The first-order valence-electron chi connectivity index (χ1n) is 9.01. The summed E-state index contributed by atoms with van der Waals surface area (Å²) in [5.41, 5.74) is 2.89. The molecule has 1 unspecified atom stereocenters. The van der Waals surface area contributed by atoms with E-state index in [0.29, 0.717) is 22.4 Å². The number of rotatable bonds is 3. The third kappa shape index (κ3) is 2.83. The van der Waals surface area contributed by atoms with Crippen molar-refractivity contribution >= 4 is 11.6 Å². The van der Waals surface area contributed by atoms with E-state index < -0.39 is 11.6 Å². The number of fused-ring (bicyclic) bond motifs is 1. The van der Waals surface area contributed by atoms with Gasteiger partial charge in [-0.3, -0.25) is 0 Å². The second-order valence-corrected chi connectivity index (χ2v) is 7.35. The summed E-state index contributed by atoms with van der Waals surface area (Å²) >= 11 is 6.37. The van der Waals surface area contributed by atoms with E-state index in [4.69, 9.17) is 21.1 Å². The van der Waals surface area contributed by atoms with E-state index in [0.717, 1.165) is 5.56 Å². The SMILES string of the molecule is COc1ccc(C)c(-c2c(Cl)c(F)cc3c2[C@H](C)C(c2ccccc2)O3)c1F. The molecule has 1 aliphatic rings. The second-order valence-electron chi connectivity index (χ2n) is 6.97. The van der Waals surface area contributed by atoms with Gasteiger partial charge in [-0.1, -0.05) is 54.9 Å². The second kappa shape index (κ2) is 7.10. The van der Waals surface area contributed by atoms with Gasteiger partial charge in [-0.2, -0.15) is 0 Å². The average molecular weight is 401 g/mol. The number of hydrogen-bond donors (Lipinski definition) is 0. The summed E-state index contributed by atoms with van der Waals surface area (Å²) in [6, 6.07) is 14.3. The van der Waals surface area contributed by atoms with Crippen molar-refractivity contribution in [3.63, 3.8) is 0 Å². The molecule has 28 heavy (non-hydrogen) atoms. The van der Waals surface area contributed by atoms with Crippen molar-refractivity contribution in [2.45, 2.75) is 25.9 Å². The van der Waals surface area contributed by atoms with E-state index in [-0.39, 0.29) is 28.4 Å². The van der Waals surface area contributed by atoms with Crippen LogP contribution < -0.4 is 9.47 Å². The number of aryl methyl sites for hydroxylation is 1. The Labute approximate surface area is 167 Å². The summed E-state index contributed by atoms with van der Waals surface area (Å²) in [6.07, 6.45) is -0.304. The van der Waals surface area contributed by atoms with Crippen LogP contribution in [0.5, 0.6) is 11.5 Å². The van der Waals surface area contributed by atoms with Crippen LogP contribution in [0.15, 0.2) is 48.5 Å². The minimum Gasteiger partial charge on any atom is -0.494 e. The van der Waals surface area contributed by atoms with Gasteiger partial charge in [0.05, 0.1) is 12.1 Å². The van der Waals surface area contributed by atoms with Crippen molar-refractivity contribution in [3.05, 3.63) is 81.9 Å². The maximum Gasteiger partial charge on any atom is 0.173 e. The molecule has 0 aliphatic carbocycles. The predicted octanol–water partition coefficient (Wildman–Crippen LogP) is 6.84. The van der Waals surface area contributed by atoms with E-state index in [1.54, 1.807) is 19.1 Å². The molecule has 5 heteroatoms. The Balaban J connectivity index is 1.96. The molecular weight excluding hydrogens is 382 g/mol. The highest BCUT2D eigenvalue weighted by atomic mass is 35.5.